The van der Waals surface area contributed by atoms with Gasteiger partial charge in [0.25, 0.3) is 0 Å². The molecule has 0 N–H and O–H groups in total. The van der Waals surface area contributed by atoms with Crippen LogP contribution < -0.4 is 14.4 Å². The molecule has 4 nitrogen and oxygen atoms in total. The lowest BCUT2D eigenvalue weighted by Gasteiger charge is -2.39. The molecule has 5 heteroatoms. The van der Waals surface area contributed by atoms with Gasteiger partial charge in [-0.25, -0.2) is 0 Å². The van der Waals surface area contributed by atoms with E-state index in [1.807, 2.05) is 6.07 Å². The van der Waals surface area contributed by atoms with Gasteiger partial charge < -0.3 is 14.4 Å². The molecule has 0 bridgehead atoms. The van der Waals surface area contributed by atoms with Crippen molar-refractivity contribution in [2.24, 2.45) is 0 Å². The first-order chi connectivity index (χ1) is 15.8. The van der Waals surface area contributed by atoms with Gasteiger partial charge >= 0.3 is 0 Å². The molecular formula is C28H33ClN2O2. The quantitative estimate of drug-likeness (QED) is 0.430. The molecule has 0 radical (unpaired) electrons. The Hall–Kier alpha value is -2.69. The van der Waals surface area contributed by atoms with E-state index in [1.165, 1.54) is 48.3 Å². The van der Waals surface area contributed by atoms with Gasteiger partial charge in [-0.05, 0) is 61.7 Å². The summed E-state index contributed by atoms with van der Waals surface area (Å²) in [4.78, 5) is 5.19. The number of rotatable bonds is 6. The van der Waals surface area contributed by atoms with Gasteiger partial charge in [0, 0.05) is 30.4 Å². The lowest BCUT2D eigenvalue weighted by Crippen LogP contribution is -2.46. The SMILES string of the molecule is COc1cccc(CCN2CCCC[C@@H]2CN2c3ccccc3COc3ccccc32)c1.Cl. The van der Waals surface area contributed by atoms with Gasteiger partial charge in [0.05, 0.1) is 12.8 Å². The van der Waals surface area contributed by atoms with Crippen molar-refractivity contribution in [1.29, 1.82) is 0 Å². The van der Waals surface area contributed by atoms with Crippen LogP contribution in [0.5, 0.6) is 11.5 Å². The maximum absolute atomic E-state index is 6.18. The van der Waals surface area contributed by atoms with E-state index in [1.54, 1.807) is 7.11 Å². The van der Waals surface area contributed by atoms with Crippen LogP contribution >= 0.6 is 12.4 Å². The number of hydrogen-bond acceptors (Lipinski definition) is 4. The Kier molecular flexibility index (Phi) is 7.79. The number of nitrogens with zero attached hydrogens (tertiary/aromatic N) is 2. The zero-order chi connectivity index (χ0) is 21.8. The maximum Gasteiger partial charge on any atom is 0.143 e. The van der Waals surface area contributed by atoms with Crippen LogP contribution in [0.2, 0.25) is 0 Å². The van der Waals surface area contributed by atoms with Gasteiger partial charge in [0.2, 0.25) is 0 Å². The molecule has 2 aliphatic heterocycles. The highest BCUT2D eigenvalue weighted by atomic mass is 35.5. The number of methoxy groups -OCH3 is 1. The van der Waals surface area contributed by atoms with Crippen molar-refractivity contribution in [3.8, 4) is 11.5 Å². The molecule has 0 aliphatic carbocycles. The molecule has 5 rings (SSSR count). The van der Waals surface area contributed by atoms with Crippen LogP contribution in [0.1, 0.15) is 30.4 Å². The summed E-state index contributed by atoms with van der Waals surface area (Å²) in [5, 5.41) is 0. The first-order valence-electron chi connectivity index (χ1n) is 11.8. The van der Waals surface area contributed by atoms with Crippen LogP contribution in [-0.4, -0.2) is 37.7 Å². The van der Waals surface area contributed by atoms with Crippen molar-refractivity contribution < 1.29 is 9.47 Å². The van der Waals surface area contributed by atoms with E-state index < -0.39 is 0 Å². The summed E-state index contributed by atoms with van der Waals surface area (Å²) in [7, 11) is 1.74. The van der Waals surface area contributed by atoms with Gasteiger partial charge in [-0.1, -0.05) is 48.9 Å². The van der Waals surface area contributed by atoms with E-state index in [-0.39, 0.29) is 12.4 Å². The van der Waals surface area contributed by atoms with Gasteiger partial charge in [-0.2, -0.15) is 0 Å². The Bertz CT molecular complexity index is 1010. The van der Waals surface area contributed by atoms with Crippen LogP contribution in [0, 0.1) is 0 Å². The van der Waals surface area contributed by atoms with E-state index in [2.05, 4.69) is 76.5 Å². The number of halogens is 1. The maximum atomic E-state index is 6.18. The third kappa shape index (κ3) is 5.29. The second-order valence-corrected chi connectivity index (χ2v) is 8.78. The Morgan fingerprint density at radius 3 is 2.64 bits per heavy atom. The van der Waals surface area contributed by atoms with Gasteiger partial charge in [0.1, 0.15) is 18.1 Å². The first kappa shape index (κ1) is 23.5. The van der Waals surface area contributed by atoms with Crippen molar-refractivity contribution >= 4 is 23.8 Å². The van der Waals surface area contributed by atoms with Crippen molar-refractivity contribution in [3.05, 3.63) is 83.9 Å². The number of para-hydroxylation sites is 3. The zero-order valence-electron chi connectivity index (χ0n) is 19.3. The lowest BCUT2D eigenvalue weighted by molar-refractivity contribution is 0.154. The average molecular weight is 465 g/mol. The molecule has 0 amide bonds. The minimum atomic E-state index is 0. The predicted octanol–water partition coefficient (Wildman–Crippen LogP) is 6.24. The Balaban J connectivity index is 0.00000259. The van der Waals surface area contributed by atoms with Crippen LogP contribution in [0.25, 0.3) is 0 Å². The summed E-state index contributed by atoms with van der Waals surface area (Å²) in [6, 6.07) is 26.1. The second-order valence-electron chi connectivity index (χ2n) is 8.78. The third-order valence-corrected chi connectivity index (χ3v) is 6.79. The summed E-state index contributed by atoms with van der Waals surface area (Å²) in [6.07, 6.45) is 4.86. The summed E-state index contributed by atoms with van der Waals surface area (Å²) < 4.78 is 11.6. The number of hydrogen-bond donors (Lipinski definition) is 0. The topological polar surface area (TPSA) is 24.9 Å². The third-order valence-electron chi connectivity index (χ3n) is 6.79. The van der Waals surface area contributed by atoms with Crippen molar-refractivity contribution in [3.63, 3.8) is 0 Å². The second kappa shape index (κ2) is 11.0. The molecule has 1 fully saturated rings. The highest BCUT2D eigenvalue weighted by molar-refractivity contribution is 5.85. The number of piperidine rings is 1. The van der Waals surface area contributed by atoms with E-state index in [4.69, 9.17) is 9.47 Å². The molecule has 3 aromatic rings. The molecule has 33 heavy (non-hydrogen) atoms. The predicted molar refractivity (Wildman–Crippen MR) is 137 cm³/mol. The molecule has 0 saturated carbocycles. The largest absolute Gasteiger partial charge is 0.497 e. The first-order valence-corrected chi connectivity index (χ1v) is 11.8. The van der Waals surface area contributed by atoms with Crippen LogP contribution in [0.3, 0.4) is 0 Å². The fraction of sp³-hybridized carbons (Fsp3) is 0.357. The molecule has 3 aromatic carbocycles. The van der Waals surface area contributed by atoms with E-state index in [9.17, 15) is 0 Å². The summed E-state index contributed by atoms with van der Waals surface area (Å²) in [5.41, 5.74) is 5.04. The number of benzene rings is 3. The molecule has 2 aliphatic rings. The standard InChI is InChI=1S/C28H32N2O2.ClH/c1-31-25-12-8-9-22(19-25)16-18-29-17-7-6-11-24(29)20-30-26-13-3-2-10-23(26)21-32-28-15-5-4-14-27(28)30;/h2-5,8-10,12-15,19,24H,6-7,11,16-18,20-21H2,1H3;1H/t24-;/m1./s1. The number of ether oxygens (including phenoxy) is 2. The van der Waals surface area contributed by atoms with Crippen LogP contribution in [0.15, 0.2) is 72.8 Å². The molecular weight excluding hydrogens is 432 g/mol. The summed E-state index contributed by atoms with van der Waals surface area (Å²) >= 11 is 0. The van der Waals surface area contributed by atoms with E-state index in [0.29, 0.717) is 12.6 Å². The number of anilines is 2. The highest BCUT2D eigenvalue weighted by Crippen LogP contribution is 2.40. The van der Waals surface area contributed by atoms with Crippen molar-refractivity contribution in [2.45, 2.75) is 38.3 Å². The van der Waals surface area contributed by atoms with Crippen LogP contribution in [-0.2, 0) is 13.0 Å². The van der Waals surface area contributed by atoms with Gasteiger partial charge in [-0.15, -0.1) is 12.4 Å². The molecule has 0 aromatic heterocycles. The monoisotopic (exact) mass is 464 g/mol. The summed E-state index contributed by atoms with van der Waals surface area (Å²) in [6.45, 7) is 3.84. The number of likely N-dealkylation sites (tertiary alicyclic amines) is 1. The van der Waals surface area contributed by atoms with Crippen LogP contribution in [0.4, 0.5) is 11.4 Å². The lowest BCUT2D eigenvalue weighted by atomic mass is 9.99. The fourth-order valence-electron chi connectivity index (χ4n) is 5.05. The highest BCUT2D eigenvalue weighted by Gasteiger charge is 2.28. The van der Waals surface area contributed by atoms with E-state index >= 15 is 0 Å². The Labute approximate surface area is 203 Å². The fourth-order valence-corrected chi connectivity index (χ4v) is 5.05. The molecule has 0 spiro atoms. The Morgan fingerprint density at radius 2 is 1.76 bits per heavy atom. The number of fused-ring (bicyclic) bond motifs is 2. The molecule has 174 valence electrons. The summed E-state index contributed by atoms with van der Waals surface area (Å²) in [5.74, 6) is 1.91. The minimum absolute atomic E-state index is 0. The van der Waals surface area contributed by atoms with Gasteiger partial charge in [0.15, 0.2) is 0 Å². The van der Waals surface area contributed by atoms with Crippen molar-refractivity contribution in [2.75, 3.05) is 31.6 Å². The van der Waals surface area contributed by atoms with E-state index in [0.717, 1.165) is 31.0 Å². The molecule has 1 atom stereocenters. The smallest absolute Gasteiger partial charge is 0.143 e. The van der Waals surface area contributed by atoms with Gasteiger partial charge in [-0.3, -0.25) is 4.90 Å². The molecule has 1 saturated heterocycles. The normalized spacial score (nSPS) is 17.7. The Morgan fingerprint density at radius 1 is 0.939 bits per heavy atom. The van der Waals surface area contributed by atoms with Crippen molar-refractivity contribution in [1.82, 2.24) is 4.90 Å². The average Bonchev–Trinajstić information content (AvgIpc) is 3.01. The molecule has 0 unspecified atom stereocenters. The minimum Gasteiger partial charge on any atom is -0.497 e. The molecule has 2 heterocycles. The zero-order valence-corrected chi connectivity index (χ0v) is 20.1.